The molecule has 3 N–H and O–H groups in total. The van der Waals surface area contributed by atoms with Crippen LogP contribution in [0, 0.1) is 6.92 Å². The molecule has 0 spiro atoms. The average molecular weight is 415 g/mol. The second-order valence-electron chi connectivity index (χ2n) is 7.71. The molecule has 0 bridgehead atoms. The van der Waals surface area contributed by atoms with Gasteiger partial charge in [0.05, 0.1) is 12.1 Å². The molecule has 2 heterocycles. The summed E-state index contributed by atoms with van der Waals surface area (Å²) in [7, 11) is 2.01. The Morgan fingerprint density at radius 2 is 2.00 bits per heavy atom. The van der Waals surface area contributed by atoms with Crippen LogP contribution in [-0.4, -0.2) is 20.6 Å². The van der Waals surface area contributed by atoms with Crippen molar-refractivity contribution < 1.29 is 14.6 Å². The molecular weight excluding hydrogens is 390 g/mol. The molecule has 31 heavy (non-hydrogen) atoms. The topological polar surface area (TPSA) is 90.4 Å². The number of carbonyl (C=O) groups is 1. The molecule has 0 aliphatic carbocycles. The smallest absolute Gasteiger partial charge is 0.307 e. The predicted octanol–water partition coefficient (Wildman–Crippen LogP) is 4.21. The highest BCUT2D eigenvalue weighted by Crippen LogP contribution is 2.32. The van der Waals surface area contributed by atoms with Crippen LogP contribution in [-0.2, 0) is 31.4 Å². The third-order valence-corrected chi connectivity index (χ3v) is 5.36. The van der Waals surface area contributed by atoms with Crippen molar-refractivity contribution in [2.75, 3.05) is 0 Å². The number of pyridine rings is 1. The molecule has 2 aromatic heterocycles. The van der Waals surface area contributed by atoms with Gasteiger partial charge in [0.1, 0.15) is 12.4 Å². The van der Waals surface area contributed by atoms with E-state index in [0.29, 0.717) is 24.5 Å². The number of benzene rings is 2. The fraction of sp³-hybridized carbons (Fsp3) is 0.200. The standard InChI is InChI=1S/C25H25N3O3/c1-16-3-4-19(13-25(29)30)24(9-16)31-15-17-10-22(18-5-7-27-20(12-18)14-26)21-6-8-28(2)23(21)11-17/h3-12H,13-15,26H2,1-2H3,(H,29,30). The van der Waals surface area contributed by atoms with Crippen molar-refractivity contribution in [3.05, 3.63) is 83.3 Å². The Morgan fingerprint density at radius 3 is 2.77 bits per heavy atom. The summed E-state index contributed by atoms with van der Waals surface area (Å²) in [5.41, 5.74) is 12.5. The SMILES string of the molecule is Cc1ccc(CC(=O)O)c(OCc2cc(-c3ccnc(CN)c3)c3ccn(C)c3c2)c1. The van der Waals surface area contributed by atoms with Gasteiger partial charge in [0, 0.05) is 42.5 Å². The van der Waals surface area contributed by atoms with E-state index in [1.54, 1.807) is 6.20 Å². The minimum atomic E-state index is -0.880. The summed E-state index contributed by atoms with van der Waals surface area (Å²) in [5.74, 6) is -0.278. The third kappa shape index (κ3) is 4.44. The molecule has 0 saturated heterocycles. The van der Waals surface area contributed by atoms with E-state index in [0.717, 1.165) is 38.9 Å². The summed E-state index contributed by atoms with van der Waals surface area (Å²) < 4.78 is 8.18. The molecular formula is C25H25N3O3. The van der Waals surface area contributed by atoms with Gasteiger partial charge in [0.2, 0.25) is 0 Å². The zero-order valence-electron chi connectivity index (χ0n) is 17.6. The molecule has 0 aliphatic rings. The van der Waals surface area contributed by atoms with Crippen LogP contribution in [0.4, 0.5) is 0 Å². The molecule has 4 aromatic rings. The van der Waals surface area contributed by atoms with Crippen LogP contribution in [0.1, 0.15) is 22.4 Å². The van der Waals surface area contributed by atoms with Gasteiger partial charge in [-0.1, -0.05) is 12.1 Å². The number of hydrogen-bond donors (Lipinski definition) is 2. The first-order chi connectivity index (χ1) is 14.9. The lowest BCUT2D eigenvalue weighted by Crippen LogP contribution is -2.05. The lowest BCUT2D eigenvalue weighted by molar-refractivity contribution is -0.136. The number of rotatable bonds is 7. The van der Waals surface area contributed by atoms with Crippen molar-refractivity contribution >= 4 is 16.9 Å². The Kier molecular flexibility index (Phi) is 5.73. The number of ether oxygens (including phenoxy) is 1. The lowest BCUT2D eigenvalue weighted by atomic mass is 9.99. The maximum absolute atomic E-state index is 11.2. The minimum Gasteiger partial charge on any atom is -0.489 e. The Labute approximate surface area is 180 Å². The molecule has 0 aliphatic heterocycles. The van der Waals surface area contributed by atoms with Crippen molar-refractivity contribution in [2.45, 2.75) is 26.5 Å². The predicted molar refractivity (Wildman–Crippen MR) is 121 cm³/mol. The summed E-state index contributed by atoms with van der Waals surface area (Å²) in [4.78, 5) is 15.5. The number of carboxylic acid groups (broad SMARTS) is 1. The van der Waals surface area contributed by atoms with Crippen LogP contribution in [0.25, 0.3) is 22.0 Å². The first-order valence-electron chi connectivity index (χ1n) is 10.1. The largest absolute Gasteiger partial charge is 0.489 e. The van der Waals surface area contributed by atoms with Gasteiger partial charge in [-0.3, -0.25) is 9.78 Å². The fourth-order valence-corrected chi connectivity index (χ4v) is 3.78. The summed E-state index contributed by atoms with van der Waals surface area (Å²) in [5, 5.41) is 10.3. The molecule has 0 saturated carbocycles. The molecule has 6 heteroatoms. The van der Waals surface area contributed by atoms with Crippen LogP contribution in [0.3, 0.4) is 0 Å². The molecule has 4 rings (SSSR count). The number of hydrogen-bond acceptors (Lipinski definition) is 4. The number of aliphatic carboxylic acids is 1. The van der Waals surface area contributed by atoms with E-state index in [1.165, 1.54) is 0 Å². The Bertz CT molecular complexity index is 1260. The summed E-state index contributed by atoms with van der Waals surface area (Å²) in [6.07, 6.45) is 3.74. The van der Waals surface area contributed by atoms with Gasteiger partial charge in [0.25, 0.3) is 0 Å². The molecule has 0 radical (unpaired) electrons. The van der Waals surface area contributed by atoms with Crippen molar-refractivity contribution in [1.82, 2.24) is 9.55 Å². The highest BCUT2D eigenvalue weighted by Gasteiger charge is 2.12. The monoisotopic (exact) mass is 415 g/mol. The number of carboxylic acids is 1. The van der Waals surface area contributed by atoms with E-state index in [9.17, 15) is 9.90 Å². The average Bonchev–Trinajstić information content (AvgIpc) is 3.14. The zero-order valence-corrected chi connectivity index (χ0v) is 17.6. The number of aryl methyl sites for hydroxylation is 2. The number of aromatic nitrogens is 2. The highest BCUT2D eigenvalue weighted by atomic mass is 16.5. The molecule has 6 nitrogen and oxygen atoms in total. The van der Waals surface area contributed by atoms with Crippen LogP contribution >= 0.6 is 0 Å². The summed E-state index contributed by atoms with van der Waals surface area (Å²) in [6, 6.07) is 15.9. The second-order valence-corrected chi connectivity index (χ2v) is 7.71. The maximum atomic E-state index is 11.2. The molecule has 0 amide bonds. The van der Waals surface area contributed by atoms with Gasteiger partial charge < -0.3 is 20.1 Å². The summed E-state index contributed by atoms with van der Waals surface area (Å²) >= 11 is 0. The van der Waals surface area contributed by atoms with Crippen molar-refractivity contribution in [3.8, 4) is 16.9 Å². The van der Waals surface area contributed by atoms with Gasteiger partial charge in [0.15, 0.2) is 0 Å². The highest BCUT2D eigenvalue weighted by molar-refractivity contribution is 5.96. The maximum Gasteiger partial charge on any atom is 0.307 e. The number of fused-ring (bicyclic) bond motifs is 1. The van der Waals surface area contributed by atoms with Crippen LogP contribution in [0.5, 0.6) is 5.75 Å². The second kappa shape index (κ2) is 8.62. The quantitative estimate of drug-likeness (QED) is 0.472. The lowest BCUT2D eigenvalue weighted by Gasteiger charge is -2.14. The molecule has 2 aromatic carbocycles. The van der Waals surface area contributed by atoms with E-state index in [-0.39, 0.29) is 6.42 Å². The minimum absolute atomic E-state index is 0.0728. The van der Waals surface area contributed by atoms with E-state index in [1.807, 2.05) is 50.5 Å². The Hall–Kier alpha value is -3.64. The first-order valence-corrected chi connectivity index (χ1v) is 10.1. The van der Waals surface area contributed by atoms with Crippen LogP contribution in [0.2, 0.25) is 0 Å². The zero-order chi connectivity index (χ0) is 22.0. The van der Waals surface area contributed by atoms with Crippen molar-refractivity contribution in [2.24, 2.45) is 12.8 Å². The van der Waals surface area contributed by atoms with E-state index >= 15 is 0 Å². The van der Waals surface area contributed by atoms with Gasteiger partial charge >= 0.3 is 5.97 Å². The van der Waals surface area contributed by atoms with Crippen molar-refractivity contribution in [3.63, 3.8) is 0 Å². The van der Waals surface area contributed by atoms with Crippen LogP contribution < -0.4 is 10.5 Å². The number of nitrogens with zero attached hydrogens (tertiary/aromatic N) is 2. The van der Waals surface area contributed by atoms with Gasteiger partial charge in [-0.15, -0.1) is 0 Å². The molecule has 158 valence electrons. The third-order valence-electron chi connectivity index (χ3n) is 5.36. The fourth-order valence-electron chi connectivity index (χ4n) is 3.78. The van der Waals surface area contributed by atoms with Gasteiger partial charge in [-0.25, -0.2) is 0 Å². The summed E-state index contributed by atoms with van der Waals surface area (Å²) in [6.45, 7) is 2.68. The Balaban J connectivity index is 1.72. The van der Waals surface area contributed by atoms with E-state index in [2.05, 4.69) is 27.8 Å². The van der Waals surface area contributed by atoms with Crippen molar-refractivity contribution in [1.29, 1.82) is 0 Å². The van der Waals surface area contributed by atoms with Gasteiger partial charge in [-0.05, 0) is 65.6 Å². The number of nitrogens with two attached hydrogens (primary N) is 1. The van der Waals surface area contributed by atoms with Gasteiger partial charge in [-0.2, -0.15) is 0 Å². The molecule has 0 atom stereocenters. The van der Waals surface area contributed by atoms with Crippen LogP contribution in [0.15, 0.2) is 60.9 Å². The first kappa shape index (κ1) is 20.6. The Morgan fingerprint density at radius 1 is 1.16 bits per heavy atom. The normalized spacial score (nSPS) is 11.1. The van der Waals surface area contributed by atoms with E-state index in [4.69, 9.17) is 10.5 Å². The van der Waals surface area contributed by atoms with E-state index < -0.39 is 5.97 Å². The molecule has 0 unspecified atom stereocenters. The molecule has 0 fully saturated rings.